The molecule has 1 aliphatic rings. The van der Waals surface area contributed by atoms with Crippen LogP contribution in [0.15, 0.2) is 6.20 Å². The molecule has 0 radical (unpaired) electrons. The number of nitrogens with two attached hydrogens (primary N) is 1. The van der Waals surface area contributed by atoms with E-state index < -0.39 is 0 Å². The molecule has 0 atom stereocenters. The first kappa shape index (κ1) is 13.7. The fraction of sp³-hybridized carbons (Fsp3) is 0.500. The van der Waals surface area contributed by atoms with Crippen molar-refractivity contribution in [1.29, 1.82) is 0 Å². The van der Waals surface area contributed by atoms with Crippen LogP contribution in [-0.4, -0.2) is 50.2 Å². The summed E-state index contributed by atoms with van der Waals surface area (Å²) in [6.45, 7) is 2.41. The van der Waals surface area contributed by atoms with Gasteiger partial charge in [0.1, 0.15) is 5.82 Å². The predicted octanol–water partition coefficient (Wildman–Crippen LogP) is -1.03. The van der Waals surface area contributed by atoms with Crippen LogP contribution >= 0.6 is 0 Å². The number of anilines is 1. The molecular formula is C12H18N8O. The molecule has 1 saturated heterocycles. The number of nitrogens with one attached hydrogen (secondary N) is 2. The molecule has 0 bridgehead atoms. The van der Waals surface area contributed by atoms with E-state index >= 15 is 0 Å². The number of amides is 1. The van der Waals surface area contributed by atoms with Gasteiger partial charge in [-0.3, -0.25) is 14.4 Å². The number of aryl methyl sites for hydroxylation is 1. The maximum absolute atomic E-state index is 11.6. The van der Waals surface area contributed by atoms with Gasteiger partial charge in [-0.15, -0.1) is 0 Å². The first-order valence-electron chi connectivity index (χ1n) is 6.81. The number of carbonyl (C=O) groups excluding carboxylic acids is 1. The van der Waals surface area contributed by atoms with Gasteiger partial charge in [0.15, 0.2) is 11.5 Å². The molecule has 2 aromatic heterocycles. The Balaban J connectivity index is 1.89. The van der Waals surface area contributed by atoms with Gasteiger partial charge < -0.3 is 10.7 Å². The Kier molecular flexibility index (Phi) is 3.67. The Morgan fingerprint density at radius 2 is 2.33 bits per heavy atom. The molecule has 4 N–H and O–H groups in total. The highest BCUT2D eigenvalue weighted by molar-refractivity contribution is 5.86. The van der Waals surface area contributed by atoms with Crippen molar-refractivity contribution in [2.45, 2.75) is 13.0 Å². The molecule has 1 aliphatic heterocycles. The van der Waals surface area contributed by atoms with Crippen LogP contribution in [0.25, 0.3) is 11.0 Å². The van der Waals surface area contributed by atoms with E-state index in [1.807, 2.05) is 11.9 Å². The van der Waals surface area contributed by atoms with Crippen molar-refractivity contribution in [3.8, 4) is 0 Å². The van der Waals surface area contributed by atoms with Crippen molar-refractivity contribution >= 4 is 22.8 Å². The SMILES string of the molecule is Cn1ncc2c(NN)nc(CN3CCCNC(=O)C3)nc21. The first-order valence-corrected chi connectivity index (χ1v) is 6.81. The summed E-state index contributed by atoms with van der Waals surface area (Å²) in [7, 11) is 1.82. The number of hydrogen-bond donors (Lipinski definition) is 3. The summed E-state index contributed by atoms with van der Waals surface area (Å²) in [6, 6.07) is 0. The maximum Gasteiger partial charge on any atom is 0.234 e. The normalized spacial score (nSPS) is 16.8. The molecule has 9 nitrogen and oxygen atoms in total. The monoisotopic (exact) mass is 290 g/mol. The second-order valence-corrected chi connectivity index (χ2v) is 5.05. The van der Waals surface area contributed by atoms with Gasteiger partial charge in [-0.1, -0.05) is 0 Å². The lowest BCUT2D eigenvalue weighted by Crippen LogP contribution is -2.33. The number of aromatic nitrogens is 4. The van der Waals surface area contributed by atoms with Gasteiger partial charge in [0, 0.05) is 20.1 Å². The zero-order chi connectivity index (χ0) is 14.8. The Morgan fingerprint density at radius 3 is 3.14 bits per heavy atom. The molecule has 3 rings (SSSR count). The fourth-order valence-electron chi connectivity index (χ4n) is 2.45. The molecule has 3 heterocycles. The van der Waals surface area contributed by atoms with Gasteiger partial charge in [0.2, 0.25) is 5.91 Å². The zero-order valence-corrected chi connectivity index (χ0v) is 11.8. The highest BCUT2D eigenvalue weighted by Gasteiger charge is 2.17. The van der Waals surface area contributed by atoms with Crippen molar-refractivity contribution in [1.82, 2.24) is 30.0 Å². The summed E-state index contributed by atoms with van der Waals surface area (Å²) in [5.41, 5.74) is 3.29. The minimum Gasteiger partial charge on any atom is -0.355 e. The molecule has 21 heavy (non-hydrogen) atoms. The quantitative estimate of drug-likeness (QED) is 0.489. The van der Waals surface area contributed by atoms with Crippen molar-refractivity contribution in [2.24, 2.45) is 12.9 Å². The minimum atomic E-state index is 0.0336. The molecule has 0 saturated carbocycles. The lowest BCUT2D eigenvalue weighted by atomic mass is 10.3. The lowest BCUT2D eigenvalue weighted by molar-refractivity contribution is -0.121. The fourth-order valence-corrected chi connectivity index (χ4v) is 2.45. The zero-order valence-electron chi connectivity index (χ0n) is 11.8. The van der Waals surface area contributed by atoms with Crippen LogP contribution in [0.4, 0.5) is 5.82 Å². The number of carbonyl (C=O) groups is 1. The van der Waals surface area contributed by atoms with Gasteiger partial charge in [-0.25, -0.2) is 15.8 Å². The maximum atomic E-state index is 11.6. The Labute approximate surface area is 121 Å². The molecule has 0 aromatic carbocycles. The van der Waals surface area contributed by atoms with Crippen LogP contribution in [0.1, 0.15) is 12.2 Å². The smallest absolute Gasteiger partial charge is 0.234 e. The van der Waals surface area contributed by atoms with Gasteiger partial charge >= 0.3 is 0 Å². The highest BCUT2D eigenvalue weighted by atomic mass is 16.2. The van der Waals surface area contributed by atoms with Crippen LogP contribution in [0.3, 0.4) is 0 Å². The number of hydrogen-bond acceptors (Lipinski definition) is 7. The molecule has 0 spiro atoms. The largest absolute Gasteiger partial charge is 0.355 e. The van der Waals surface area contributed by atoms with E-state index in [2.05, 4.69) is 25.8 Å². The van der Waals surface area contributed by atoms with Gasteiger partial charge in [0.05, 0.1) is 24.7 Å². The van der Waals surface area contributed by atoms with Gasteiger partial charge in [0.25, 0.3) is 0 Å². The van der Waals surface area contributed by atoms with Crippen LogP contribution in [0.5, 0.6) is 0 Å². The van der Waals surface area contributed by atoms with E-state index in [9.17, 15) is 4.79 Å². The van der Waals surface area contributed by atoms with Crippen LogP contribution in [0, 0.1) is 0 Å². The van der Waals surface area contributed by atoms with Crippen molar-refractivity contribution in [2.75, 3.05) is 25.1 Å². The first-order chi connectivity index (χ1) is 10.2. The predicted molar refractivity (Wildman–Crippen MR) is 77.0 cm³/mol. The molecule has 2 aromatic rings. The molecule has 1 fully saturated rings. The topological polar surface area (TPSA) is 114 Å². The third-order valence-corrected chi connectivity index (χ3v) is 3.48. The summed E-state index contributed by atoms with van der Waals surface area (Å²) in [6.07, 6.45) is 2.59. The summed E-state index contributed by atoms with van der Waals surface area (Å²) in [5.74, 6) is 6.72. The van der Waals surface area contributed by atoms with Crippen LogP contribution < -0.4 is 16.6 Å². The molecular weight excluding hydrogens is 272 g/mol. The van der Waals surface area contributed by atoms with E-state index in [1.165, 1.54) is 0 Å². The Morgan fingerprint density at radius 1 is 1.48 bits per heavy atom. The van der Waals surface area contributed by atoms with Gasteiger partial charge in [-0.2, -0.15) is 5.10 Å². The average Bonchev–Trinajstić information content (AvgIpc) is 2.71. The highest BCUT2D eigenvalue weighted by Crippen LogP contribution is 2.19. The second kappa shape index (κ2) is 5.62. The number of nitrogens with zero attached hydrogens (tertiary/aromatic N) is 5. The number of nitrogen functional groups attached to an aromatic ring is 1. The summed E-state index contributed by atoms with van der Waals surface area (Å²) < 4.78 is 1.68. The van der Waals surface area contributed by atoms with Crippen molar-refractivity contribution < 1.29 is 4.79 Å². The van der Waals surface area contributed by atoms with Crippen LogP contribution in [0.2, 0.25) is 0 Å². The van der Waals surface area contributed by atoms with E-state index in [0.29, 0.717) is 36.9 Å². The third kappa shape index (κ3) is 2.78. The number of hydrazine groups is 1. The van der Waals surface area contributed by atoms with E-state index in [-0.39, 0.29) is 5.91 Å². The third-order valence-electron chi connectivity index (χ3n) is 3.48. The Hall–Kier alpha value is -2.26. The molecule has 9 heteroatoms. The average molecular weight is 290 g/mol. The molecule has 112 valence electrons. The molecule has 0 unspecified atom stereocenters. The summed E-state index contributed by atoms with van der Waals surface area (Å²) in [4.78, 5) is 22.5. The van der Waals surface area contributed by atoms with E-state index in [0.717, 1.165) is 18.4 Å². The van der Waals surface area contributed by atoms with Gasteiger partial charge in [-0.05, 0) is 6.42 Å². The van der Waals surface area contributed by atoms with E-state index in [1.54, 1.807) is 10.9 Å². The molecule has 1 amide bonds. The molecule has 0 aliphatic carbocycles. The Bertz CT molecular complexity index is 667. The number of rotatable bonds is 3. The summed E-state index contributed by atoms with van der Waals surface area (Å²) >= 11 is 0. The van der Waals surface area contributed by atoms with Crippen molar-refractivity contribution in [3.63, 3.8) is 0 Å². The second-order valence-electron chi connectivity index (χ2n) is 5.05. The summed E-state index contributed by atoms with van der Waals surface area (Å²) in [5, 5.41) is 7.79. The standard InChI is InChI=1S/C12H18N8O/c1-19-12-8(5-15-19)11(18-13)16-9(17-12)6-20-4-2-3-14-10(21)7-20/h5H,2-4,6-7,13H2,1H3,(H,14,21)(H,16,17,18). The van der Waals surface area contributed by atoms with Crippen molar-refractivity contribution in [3.05, 3.63) is 12.0 Å². The van der Waals surface area contributed by atoms with E-state index in [4.69, 9.17) is 5.84 Å². The van der Waals surface area contributed by atoms with Crippen LogP contribution in [-0.2, 0) is 18.4 Å². The lowest BCUT2D eigenvalue weighted by Gasteiger charge is -2.17. The number of fused-ring (bicyclic) bond motifs is 1. The minimum absolute atomic E-state index is 0.0336.